The van der Waals surface area contributed by atoms with E-state index in [2.05, 4.69) is 17.6 Å². The summed E-state index contributed by atoms with van der Waals surface area (Å²) < 4.78 is 25.9. The van der Waals surface area contributed by atoms with Gasteiger partial charge in [0.15, 0.2) is 0 Å². The number of piperidine rings is 1. The third kappa shape index (κ3) is 7.07. The highest BCUT2D eigenvalue weighted by molar-refractivity contribution is 7.99. The van der Waals surface area contributed by atoms with Gasteiger partial charge in [-0.15, -0.1) is 12.4 Å². The Morgan fingerprint density at radius 3 is 2.71 bits per heavy atom. The molecule has 0 aliphatic carbocycles. The first-order valence-electron chi connectivity index (χ1n) is 8.52. The van der Waals surface area contributed by atoms with Crippen molar-refractivity contribution < 1.29 is 13.2 Å². The number of amides is 1. The van der Waals surface area contributed by atoms with Crippen molar-refractivity contribution in [2.75, 3.05) is 50.0 Å². The van der Waals surface area contributed by atoms with Crippen molar-refractivity contribution in [1.29, 1.82) is 0 Å². The highest BCUT2D eigenvalue weighted by atomic mass is 35.5. The first-order chi connectivity index (χ1) is 11.0. The number of nitrogens with one attached hydrogen (secondary N) is 2. The summed E-state index contributed by atoms with van der Waals surface area (Å²) in [6.07, 6.45) is 2.82. The van der Waals surface area contributed by atoms with Gasteiger partial charge in [0.1, 0.15) is 0 Å². The number of carbonyl (C=O) groups is 1. The first-order valence-corrected chi connectivity index (χ1v) is 11.3. The molecule has 2 heterocycles. The van der Waals surface area contributed by atoms with Gasteiger partial charge in [-0.3, -0.25) is 4.79 Å². The molecule has 0 spiro atoms. The summed E-state index contributed by atoms with van der Waals surface area (Å²) in [5.41, 5.74) is 0. The van der Waals surface area contributed by atoms with Crippen LogP contribution >= 0.6 is 24.2 Å². The van der Waals surface area contributed by atoms with Gasteiger partial charge in [-0.2, -0.15) is 11.8 Å². The molecule has 2 saturated heterocycles. The fraction of sp³-hybridized carbons (Fsp3) is 0.933. The van der Waals surface area contributed by atoms with E-state index in [1.807, 2.05) is 0 Å². The SMILES string of the molecule is CC(CC(=O)NCCS(=O)(=O)N1CCSCC1)C1CCCNC1.Cl. The summed E-state index contributed by atoms with van der Waals surface area (Å²) in [6, 6.07) is 0. The minimum absolute atomic E-state index is 0. The molecule has 24 heavy (non-hydrogen) atoms. The van der Waals surface area contributed by atoms with Gasteiger partial charge in [0, 0.05) is 37.6 Å². The molecule has 2 aliphatic rings. The predicted molar refractivity (Wildman–Crippen MR) is 102 cm³/mol. The number of hydrogen-bond acceptors (Lipinski definition) is 5. The summed E-state index contributed by atoms with van der Waals surface area (Å²) in [5.74, 6) is 2.56. The number of nitrogens with zero attached hydrogens (tertiary/aromatic N) is 1. The van der Waals surface area contributed by atoms with E-state index in [-0.39, 0.29) is 30.6 Å². The van der Waals surface area contributed by atoms with Gasteiger partial charge >= 0.3 is 0 Å². The summed E-state index contributed by atoms with van der Waals surface area (Å²) >= 11 is 1.78. The third-order valence-electron chi connectivity index (χ3n) is 4.69. The lowest BCUT2D eigenvalue weighted by molar-refractivity contribution is -0.122. The molecule has 0 bridgehead atoms. The molecule has 2 atom stereocenters. The van der Waals surface area contributed by atoms with Crippen LogP contribution in [-0.4, -0.2) is 68.6 Å². The van der Waals surface area contributed by atoms with Gasteiger partial charge < -0.3 is 10.6 Å². The maximum atomic E-state index is 12.2. The lowest BCUT2D eigenvalue weighted by Gasteiger charge is -2.28. The summed E-state index contributed by atoms with van der Waals surface area (Å²) in [7, 11) is -3.23. The molecule has 6 nitrogen and oxygen atoms in total. The Kier molecular flexibility index (Phi) is 9.96. The molecule has 2 unspecified atom stereocenters. The maximum Gasteiger partial charge on any atom is 0.220 e. The number of hydrogen-bond donors (Lipinski definition) is 2. The average Bonchev–Trinajstić information content (AvgIpc) is 2.56. The third-order valence-corrected chi connectivity index (χ3v) is 7.51. The van der Waals surface area contributed by atoms with Gasteiger partial charge in [0.2, 0.25) is 15.9 Å². The van der Waals surface area contributed by atoms with Crippen molar-refractivity contribution in [2.24, 2.45) is 11.8 Å². The molecule has 142 valence electrons. The molecule has 2 aliphatic heterocycles. The molecule has 0 aromatic rings. The minimum Gasteiger partial charge on any atom is -0.355 e. The smallest absolute Gasteiger partial charge is 0.220 e. The van der Waals surface area contributed by atoms with E-state index in [1.54, 1.807) is 16.1 Å². The molecule has 0 radical (unpaired) electrons. The van der Waals surface area contributed by atoms with Crippen LogP contribution in [0, 0.1) is 11.8 Å². The molecule has 0 saturated carbocycles. The average molecular weight is 400 g/mol. The summed E-state index contributed by atoms with van der Waals surface area (Å²) in [4.78, 5) is 12.0. The number of rotatable bonds is 7. The van der Waals surface area contributed by atoms with Crippen LogP contribution in [0.2, 0.25) is 0 Å². The Morgan fingerprint density at radius 2 is 2.08 bits per heavy atom. The van der Waals surface area contributed by atoms with Crippen LogP contribution in [-0.2, 0) is 14.8 Å². The Morgan fingerprint density at radius 1 is 1.38 bits per heavy atom. The van der Waals surface area contributed by atoms with E-state index >= 15 is 0 Å². The second-order valence-corrected chi connectivity index (χ2v) is 9.78. The zero-order valence-electron chi connectivity index (χ0n) is 14.3. The molecule has 2 rings (SSSR count). The van der Waals surface area contributed by atoms with E-state index in [9.17, 15) is 13.2 Å². The first kappa shape index (κ1) is 22.0. The van der Waals surface area contributed by atoms with Crippen molar-refractivity contribution in [3.8, 4) is 0 Å². The largest absolute Gasteiger partial charge is 0.355 e. The zero-order chi connectivity index (χ0) is 16.7. The fourth-order valence-corrected chi connectivity index (χ4v) is 5.66. The molecule has 1 amide bonds. The van der Waals surface area contributed by atoms with Crippen molar-refractivity contribution in [1.82, 2.24) is 14.9 Å². The Balaban J connectivity index is 0.00000288. The van der Waals surface area contributed by atoms with Crippen LogP contribution in [0.5, 0.6) is 0 Å². The Hall–Kier alpha value is -0.0200. The van der Waals surface area contributed by atoms with Crippen LogP contribution in [0.25, 0.3) is 0 Å². The summed E-state index contributed by atoms with van der Waals surface area (Å²) in [5, 5.41) is 6.15. The monoisotopic (exact) mass is 399 g/mol. The van der Waals surface area contributed by atoms with Crippen molar-refractivity contribution in [2.45, 2.75) is 26.2 Å². The topological polar surface area (TPSA) is 78.5 Å². The van der Waals surface area contributed by atoms with Gasteiger partial charge in [-0.05, 0) is 37.8 Å². The number of carbonyl (C=O) groups excluding carboxylic acids is 1. The van der Waals surface area contributed by atoms with E-state index in [0.29, 0.717) is 31.3 Å². The molecular formula is C15H30ClN3O3S2. The molecule has 9 heteroatoms. The molecule has 2 fully saturated rings. The second-order valence-electron chi connectivity index (χ2n) is 6.47. The Bertz CT molecular complexity index is 478. The maximum absolute atomic E-state index is 12.2. The van der Waals surface area contributed by atoms with Crippen LogP contribution in [0.1, 0.15) is 26.2 Å². The molecular weight excluding hydrogens is 370 g/mol. The highest BCUT2D eigenvalue weighted by Crippen LogP contribution is 2.22. The van der Waals surface area contributed by atoms with Crippen LogP contribution in [0.3, 0.4) is 0 Å². The van der Waals surface area contributed by atoms with Crippen molar-refractivity contribution in [3.63, 3.8) is 0 Å². The predicted octanol–water partition coefficient (Wildman–Crippen LogP) is 0.929. The molecule has 0 aromatic heterocycles. The van der Waals surface area contributed by atoms with Gasteiger partial charge in [0.05, 0.1) is 5.75 Å². The van der Waals surface area contributed by atoms with Gasteiger partial charge in [0.25, 0.3) is 0 Å². The van der Waals surface area contributed by atoms with E-state index in [4.69, 9.17) is 0 Å². The van der Waals surface area contributed by atoms with Crippen LogP contribution in [0.4, 0.5) is 0 Å². The van der Waals surface area contributed by atoms with E-state index < -0.39 is 10.0 Å². The quantitative estimate of drug-likeness (QED) is 0.665. The minimum atomic E-state index is -3.23. The molecule has 2 N–H and O–H groups in total. The zero-order valence-corrected chi connectivity index (χ0v) is 16.8. The standard InChI is InChI=1S/C15H29N3O3S2.ClH/c1-13(14-3-2-4-16-12-14)11-15(19)17-5-10-23(20,21)18-6-8-22-9-7-18;/h13-14,16H,2-12H2,1H3,(H,17,19);1H. The number of halogens is 1. The lowest BCUT2D eigenvalue weighted by atomic mass is 9.85. The van der Waals surface area contributed by atoms with Crippen LogP contribution in [0.15, 0.2) is 0 Å². The summed E-state index contributed by atoms with van der Waals surface area (Å²) in [6.45, 7) is 5.55. The number of sulfonamides is 1. The molecule has 0 aromatic carbocycles. The van der Waals surface area contributed by atoms with E-state index in [1.165, 1.54) is 12.8 Å². The van der Waals surface area contributed by atoms with Gasteiger partial charge in [-0.25, -0.2) is 12.7 Å². The second kappa shape index (κ2) is 10.9. The van der Waals surface area contributed by atoms with Crippen LogP contribution < -0.4 is 10.6 Å². The highest BCUT2D eigenvalue weighted by Gasteiger charge is 2.25. The lowest BCUT2D eigenvalue weighted by Crippen LogP contribution is -2.42. The fourth-order valence-electron chi connectivity index (χ4n) is 3.17. The van der Waals surface area contributed by atoms with Gasteiger partial charge in [-0.1, -0.05) is 6.92 Å². The van der Waals surface area contributed by atoms with Crippen molar-refractivity contribution in [3.05, 3.63) is 0 Å². The van der Waals surface area contributed by atoms with Crippen molar-refractivity contribution >= 4 is 40.1 Å². The Labute approximate surface area is 156 Å². The van der Waals surface area contributed by atoms with E-state index in [0.717, 1.165) is 24.6 Å². The normalized spacial score (nSPS) is 24.0. The number of thioether (sulfide) groups is 1.